The van der Waals surface area contributed by atoms with Gasteiger partial charge in [-0.1, -0.05) is 11.3 Å². The zero-order chi connectivity index (χ0) is 8.72. The largest absolute Gasteiger partial charge is 0.507 e. The van der Waals surface area contributed by atoms with Gasteiger partial charge in [0.1, 0.15) is 5.75 Å². The molecule has 0 amide bonds. The van der Waals surface area contributed by atoms with Gasteiger partial charge in [0, 0.05) is 0 Å². The smallest absolute Gasteiger partial charge is 0.396 e. The molecule has 1 heterocycles. The third-order valence-electron chi connectivity index (χ3n) is 1.42. The maximum atomic E-state index is 10.8. The highest BCUT2D eigenvalue weighted by atomic mass is 127. The first-order valence-electron chi connectivity index (χ1n) is 3.09. The Bertz CT molecular complexity index is 485. The van der Waals surface area contributed by atoms with Gasteiger partial charge < -0.3 is 9.52 Å². The molecule has 2 aromatic rings. The lowest BCUT2D eigenvalue weighted by molar-refractivity contribution is 0.472. The van der Waals surface area contributed by atoms with Crippen molar-refractivity contribution < 1.29 is 9.52 Å². The van der Waals surface area contributed by atoms with Crippen LogP contribution in [0.5, 0.6) is 5.75 Å². The molecule has 62 valence electrons. The van der Waals surface area contributed by atoms with Crippen molar-refractivity contribution >= 4 is 44.2 Å². The number of phenols is 1. The normalized spacial score (nSPS) is 10.8. The second-order valence-electron chi connectivity index (χ2n) is 2.18. The molecule has 0 aliphatic carbocycles. The second-order valence-corrected chi connectivity index (χ2v) is 4.20. The van der Waals surface area contributed by atoms with Crippen molar-refractivity contribution in [1.82, 2.24) is 0 Å². The predicted octanol–water partition coefficient (Wildman–Crippen LogP) is 2.16. The lowest BCUT2D eigenvalue weighted by Gasteiger charge is -1.94. The van der Waals surface area contributed by atoms with Gasteiger partial charge in [-0.25, -0.2) is 4.79 Å². The molecule has 5 heteroatoms. The highest BCUT2D eigenvalue weighted by molar-refractivity contribution is 14.1. The molecule has 1 aromatic carbocycles. The van der Waals surface area contributed by atoms with Crippen molar-refractivity contribution in [2.75, 3.05) is 0 Å². The van der Waals surface area contributed by atoms with E-state index in [-0.39, 0.29) is 10.7 Å². The molecular formula is C7H3IO3S. The summed E-state index contributed by atoms with van der Waals surface area (Å²) in [5, 5.41) is 9.28. The molecule has 1 N–H and O–H groups in total. The van der Waals surface area contributed by atoms with E-state index in [1.807, 2.05) is 22.6 Å². The first-order chi connectivity index (χ1) is 5.68. The molecule has 0 bridgehead atoms. The van der Waals surface area contributed by atoms with Crippen LogP contribution in [-0.4, -0.2) is 5.11 Å². The van der Waals surface area contributed by atoms with Crippen LogP contribution in [0.3, 0.4) is 0 Å². The predicted molar refractivity (Wildman–Crippen MR) is 54.7 cm³/mol. The van der Waals surface area contributed by atoms with Gasteiger partial charge in [-0.15, -0.1) is 0 Å². The Morgan fingerprint density at radius 3 is 3.00 bits per heavy atom. The average Bonchev–Trinajstić information content (AvgIpc) is 2.39. The summed E-state index contributed by atoms with van der Waals surface area (Å²) in [5.74, 6) is 0.181. The monoisotopic (exact) mass is 294 g/mol. The fourth-order valence-corrected chi connectivity index (χ4v) is 2.38. The van der Waals surface area contributed by atoms with Gasteiger partial charge in [0.15, 0.2) is 5.58 Å². The third kappa shape index (κ3) is 1.13. The maximum Gasteiger partial charge on any atom is 0.396 e. The molecule has 0 atom stereocenters. The summed E-state index contributed by atoms with van der Waals surface area (Å²) in [6.45, 7) is 0. The Kier molecular flexibility index (Phi) is 1.84. The standard InChI is InChI=1S/C7H3IO3S/c8-5-3(9)1-2-4-6(5)12-7(10)11-4/h1-2,9H. The van der Waals surface area contributed by atoms with Gasteiger partial charge in [0.05, 0.1) is 8.27 Å². The van der Waals surface area contributed by atoms with Crippen LogP contribution < -0.4 is 4.94 Å². The Morgan fingerprint density at radius 2 is 2.25 bits per heavy atom. The van der Waals surface area contributed by atoms with Crippen molar-refractivity contribution in [3.63, 3.8) is 0 Å². The average molecular weight is 294 g/mol. The quantitative estimate of drug-likeness (QED) is 0.758. The Hall–Kier alpha value is -0.560. The van der Waals surface area contributed by atoms with E-state index >= 15 is 0 Å². The van der Waals surface area contributed by atoms with E-state index in [1.54, 1.807) is 6.07 Å². The van der Waals surface area contributed by atoms with Crippen LogP contribution in [0, 0.1) is 3.57 Å². The summed E-state index contributed by atoms with van der Waals surface area (Å²) in [6, 6.07) is 3.10. The van der Waals surface area contributed by atoms with Crippen molar-refractivity contribution in [3.05, 3.63) is 25.4 Å². The molecule has 0 unspecified atom stereocenters. The lowest BCUT2D eigenvalue weighted by atomic mass is 10.3. The maximum absolute atomic E-state index is 10.8. The van der Waals surface area contributed by atoms with Gasteiger partial charge in [0.2, 0.25) is 0 Å². The van der Waals surface area contributed by atoms with Crippen LogP contribution in [0.1, 0.15) is 0 Å². The topological polar surface area (TPSA) is 50.4 Å². The Morgan fingerprint density at radius 1 is 1.50 bits per heavy atom. The van der Waals surface area contributed by atoms with Crippen molar-refractivity contribution in [2.45, 2.75) is 0 Å². The SMILES string of the molecule is O=c1oc2ccc(O)c(I)c2s1. The Labute approximate surface area is 84.8 Å². The van der Waals surface area contributed by atoms with E-state index in [4.69, 9.17) is 4.42 Å². The fourth-order valence-electron chi connectivity index (χ4n) is 0.897. The molecule has 12 heavy (non-hydrogen) atoms. The summed E-state index contributed by atoms with van der Waals surface area (Å²) in [4.78, 5) is 10.5. The van der Waals surface area contributed by atoms with E-state index in [0.29, 0.717) is 13.9 Å². The first kappa shape index (κ1) is 8.06. The van der Waals surface area contributed by atoms with E-state index in [0.717, 1.165) is 11.3 Å². The zero-order valence-electron chi connectivity index (χ0n) is 5.70. The molecule has 2 rings (SSSR count). The number of halogens is 1. The molecule has 0 saturated heterocycles. The van der Waals surface area contributed by atoms with Crippen LogP contribution in [-0.2, 0) is 0 Å². The minimum atomic E-state index is -0.339. The third-order valence-corrected chi connectivity index (χ3v) is 3.74. The Balaban J connectivity index is 2.99. The summed E-state index contributed by atoms with van der Waals surface area (Å²) >= 11 is 2.98. The van der Waals surface area contributed by atoms with Crippen LogP contribution >= 0.6 is 33.9 Å². The summed E-state index contributed by atoms with van der Waals surface area (Å²) in [5.41, 5.74) is 0.534. The molecule has 0 radical (unpaired) electrons. The molecule has 0 fully saturated rings. The van der Waals surface area contributed by atoms with Crippen molar-refractivity contribution in [1.29, 1.82) is 0 Å². The van der Waals surface area contributed by atoms with E-state index in [2.05, 4.69) is 0 Å². The number of fused-ring (bicyclic) bond motifs is 1. The minimum absolute atomic E-state index is 0.181. The van der Waals surface area contributed by atoms with Gasteiger partial charge in [-0.2, -0.15) is 0 Å². The number of aromatic hydroxyl groups is 1. The van der Waals surface area contributed by atoms with Gasteiger partial charge in [-0.3, -0.25) is 0 Å². The summed E-state index contributed by atoms with van der Waals surface area (Å²) in [6.07, 6.45) is 0. The van der Waals surface area contributed by atoms with Crippen LogP contribution in [0.15, 0.2) is 21.3 Å². The molecule has 3 nitrogen and oxygen atoms in total. The van der Waals surface area contributed by atoms with Crippen LogP contribution in [0.2, 0.25) is 0 Å². The number of hydrogen-bond acceptors (Lipinski definition) is 4. The second kappa shape index (κ2) is 2.74. The molecule has 0 aliphatic rings. The highest BCUT2D eigenvalue weighted by Crippen LogP contribution is 2.29. The number of benzene rings is 1. The molecule has 0 aliphatic heterocycles. The first-order valence-corrected chi connectivity index (χ1v) is 4.99. The molecule has 1 aromatic heterocycles. The number of rotatable bonds is 0. The summed E-state index contributed by atoms with van der Waals surface area (Å²) in [7, 11) is 0. The molecule has 0 saturated carbocycles. The van der Waals surface area contributed by atoms with E-state index in [9.17, 15) is 9.90 Å². The number of hydrogen-bond donors (Lipinski definition) is 1. The fraction of sp³-hybridized carbons (Fsp3) is 0. The van der Waals surface area contributed by atoms with E-state index < -0.39 is 0 Å². The van der Waals surface area contributed by atoms with Gasteiger partial charge in [-0.05, 0) is 34.7 Å². The van der Waals surface area contributed by atoms with Gasteiger partial charge >= 0.3 is 4.94 Å². The van der Waals surface area contributed by atoms with Gasteiger partial charge in [0.25, 0.3) is 0 Å². The van der Waals surface area contributed by atoms with Crippen LogP contribution in [0.25, 0.3) is 10.3 Å². The zero-order valence-corrected chi connectivity index (χ0v) is 8.68. The highest BCUT2D eigenvalue weighted by Gasteiger charge is 2.08. The van der Waals surface area contributed by atoms with Crippen molar-refractivity contribution in [3.8, 4) is 5.75 Å². The number of phenolic OH excluding ortho intramolecular Hbond substituents is 1. The minimum Gasteiger partial charge on any atom is -0.507 e. The summed E-state index contributed by atoms with van der Waals surface area (Å²) < 4.78 is 6.23. The van der Waals surface area contributed by atoms with Crippen LogP contribution in [0.4, 0.5) is 0 Å². The lowest BCUT2D eigenvalue weighted by Crippen LogP contribution is -1.79. The van der Waals surface area contributed by atoms with Crippen molar-refractivity contribution in [2.24, 2.45) is 0 Å². The van der Waals surface area contributed by atoms with E-state index in [1.165, 1.54) is 6.07 Å². The molecular weight excluding hydrogens is 291 g/mol. The molecule has 0 spiro atoms.